The van der Waals surface area contributed by atoms with Gasteiger partial charge in [-0.05, 0) is 12.1 Å². The summed E-state index contributed by atoms with van der Waals surface area (Å²) in [5, 5.41) is 3.22. The first kappa shape index (κ1) is 10.6. The van der Waals surface area contributed by atoms with E-state index >= 15 is 0 Å². The van der Waals surface area contributed by atoms with Gasteiger partial charge in [0, 0.05) is 0 Å². The molecule has 2 heterocycles. The molecule has 89 valence electrons. The van der Waals surface area contributed by atoms with Crippen LogP contribution < -0.4 is 5.32 Å². The summed E-state index contributed by atoms with van der Waals surface area (Å²) in [6.07, 6.45) is -0.218. The van der Waals surface area contributed by atoms with Gasteiger partial charge in [-0.2, -0.15) is 5.32 Å². The van der Waals surface area contributed by atoms with Crippen LogP contribution in [0.25, 0.3) is 0 Å². The molecule has 0 saturated carbocycles. The van der Waals surface area contributed by atoms with Crippen LogP contribution in [0.1, 0.15) is 27.1 Å². The molecule has 2 aliphatic rings. The van der Waals surface area contributed by atoms with Crippen molar-refractivity contribution >= 4 is 23.6 Å². The van der Waals surface area contributed by atoms with Crippen molar-refractivity contribution in [2.45, 2.75) is 12.5 Å². The maximum Gasteiger partial charge on any atom is 0.272 e. The second kappa shape index (κ2) is 3.49. The fourth-order valence-corrected chi connectivity index (χ4v) is 2.19. The van der Waals surface area contributed by atoms with Crippen molar-refractivity contribution in [3.05, 3.63) is 35.4 Å². The van der Waals surface area contributed by atoms with E-state index < -0.39 is 29.7 Å². The number of benzene rings is 1. The highest BCUT2D eigenvalue weighted by Crippen LogP contribution is 2.27. The van der Waals surface area contributed by atoms with Crippen molar-refractivity contribution in [1.29, 1.82) is 0 Å². The summed E-state index contributed by atoms with van der Waals surface area (Å²) in [7, 11) is 0. The average molecular weight is 243 g/mol. The molecule has 4 amide bonds. The number of carbonyl (C=O) groups is 4. The number of rotatable bonds is 1. The third-order valence-electron chi connectivity index (χ3n) is 3.03. The van der Waals surface area contributed by atoms with Gasteiger partial charge in [0.15, 0.2) is 0 Å². The van der Waals surface area contributed by atoms with E-state index in [1.807, 2.05) is 0 Å². The summed E-state index contributed by atoms with van der Waals surface area (Å²) in [6, 6.07) is 5.24. The molecule has 1 atom stereocenters. The van der Waals surface area contributed by atoms with Crippen LogP contribution in [0.2, 0.25) is 0 Å². The van der Waals surface area contributed by atoms with E-state index in [2.05, 4.69) is 5.32 Å². The maximum absolute atomic E-state index is 12.0. The predicted molar refractivity (Wildman–Crippen MR) is 57.5 cm³/mol. The monoisotopic (exact) mass is 243 g/mol. The lowest BCUT2D eigenvalue weighted by molar-refractivity contribution is -0.126. The van der Waals surface area contributed by atoms with Gasteiger partial charge in [-0.25, -0.2) is 0 Å². The molecule has 1 radical (unpaired) electrons. The van der Waals surface area contributed by atoms with Gasteiger partial charge in [-0.1, -0.05) is 12.1 Å². The highest BCUT2D eigenvalue weighted by molar-refractivity contribution is 6.24. The molecule has 1 unspecified atom stereocenters. The van der Waals surface area contributed by atoms with E-state index in [1.54, 1.807) is 12.1 Å². The van der Waals surface area contributed by atoms with Crippen LogP contribution in [-0.4, -0.2) is 34.6 Å². The van der Waals surface area contributed by atoms with Crippen molar-refractivity contribution in [2.24, 2.45) is 0 Å². The normalized spacial score (nSPS) is 22.4. The first-order valence-corrected chi connectivity index (χ1v) is 5.35. The first-order chi connectivity index (χ1) is 8.59. The molecule has 0 N–H and O–H groups in total. The Labute approximate surface area is 102 Å². The zero-order chi connectivity index (χ0) is 12.9. The van der Waals surface area contributed by atoms with Gasteiger partial charge in [0.05, 0.1) is 17.5 Å². The van der Waals surface area contributed by atoms with Crippen LogP contribution in [0.5, 0.6) is 0 Å². The number of fused-ring (bicyclic) bond motifs is 1. The largest absolute Gasteiger partial charge is 0.272 e. The molecule has 6 heteroatoms. The van der Waals surface area contributed by atoms with Gasteiger partial charge in [0.1, 0.15) is 6.04 Å². The lowest BCUT2D eigenvalue weighted by atomic mass is 10.1. The molecular weight excluding hydrogens is 236 g/mol. The molecular formula is C12H7N2O4. The molecule has 2 aliphatic heterocycles. The van der Waals surface area contributed by atoms with E-state index in [0.717, 1.165) is 4.90 Å². The topological polar surface area (TPSA) is 85.6 Å². The van der Waals surface area contributed by atoms with E-state index in [-0.39, 0.29) is 17.5 Å². The standard InChI is InChI=1S/C12H7N2O4/c15-9-5-8(10(16)13-9)14-11(17)6-3-1-2-4-7(6)12(14)18/h1-4,8H,5H2. The molecule has 1 fully saturated rings. The second-order valence-corrected chi connectivity index (χ2v) is 4.09. The molecule has 18 heavy (non-hydrogen) atoms. The Morgan fingerprint density at radius 2 is 1.56 bits per heavy atom. The Balaban J connectivity index is 2.02. The van der Waals surface area contributed by atoms with E-state index in [0.29, 0.717) is 0 Å². The fraction of sp³-hybridized carbons (Fsp3) is 0.167. The number of nitrogens with zero attached hydrogens (tertiary/aromatic N) is 2. The van der Waals surface area contributed by atoms with Crippen molar-refractivity contribution in [3.63, 3.8) is 0 Å². The van der Waals surface area contributed by atoms with Crippen molar-refractivity contribution in [1.82, 2.24) is 10.2 Å². The Morgan fingerprint density at radius 1 is 1.00 bits per heavy atom. The Bertz CT molecular complexity index is 573. The zero-order valence-corrected chi connectivity index (χ0v) is 9.12. The summed E-state index contributed by atoms with van der Waals surface area (Å²) in [5.41, 5.74) is 0.518. The molecule has 0 bridgehead atoms. The quantitative estimate of drug-likeness (QED) is 0.634. The van der Waals surface area contributed by atoms with Gasteiger partial charge in [-0.3, -0.25) is 24.1 Å². The molecule has 0 aliphatic carbocycles. The number of imide groups is 2. The van der Waals surface area contributed by atoms with E-state index in [4.69, 9.17) is 0 Å². The van der Waals surface area contributed by atoms with Crippen molar-refractivity contribution in [2.75, 3.05) is 0 Å². The number of carbonyl (C=O) groups excluding carboxylic acids is 4. The molecule has 1 aromatic rings. The summed E-state index contributed by atoms with van der Waals surface area (Å²) in [6.45, 7) is 0. The Kier molecular flexibility index (Phi) is 2.07. The van der Waals surface area contributed by atoms with E-state index in [9.17, 15) is 19.2 Å². The summed E-state index contributed by atoms with van der Waals surface area (Å²) in [4.78, 5) is 47.5. The number of hydrogen-bond acceptors (Lipinski definition) is 4. The minimum atomic E-state index is -1.08. The van der Waals surface area contributed by atoms with Crippen LogP contribution in [0, 0.1) is 0 Å². The van der Waals surface area contributed by atoms with Crippen LogP contribution in [-0.2, 0) is 9.59 Å². The fourth-order valence-electron chi connectivity index (χ4n) is 2.19. The lowest BCUT2D eigenvalue weighted by Gasteiger charge is -2.17. The molecule has 6 nitrogen and oxygen atoms in total. The molecule has 0 spiro atoms. The third kappa shape index (κ3) is 1.29. The predicted octanol–water partition coefficient (Wildman–Crippen LogP) is -0.287. The zero-order valence-electron chi connectivity index (χ0n) is 9.12. The summed E-state index contributed by atoms with van der Waals surface area (Å²) < 4.78 is 0. The molecule has 1 saturated heterocycles. The van der Waals surface area contributed by atoms with Gasteiger partial charge < -0.3 is 0 Å². The average Bonchev–Trinajstić information content (AvgIpc) is 2.79. The Morgan fingerprint density at radius 3 is 2.00 bits per heavy atom. The van der Waals surface area contributed by atoms with Crippen molar-refractivity contribution in [3.8, 4) is 0 Å². The van der Waals surface area contributed by atoms with Gasteiger partial charge in [0.25, 0.3) is 23.6 Å². The smallest absolute Gasteiger partial charge is 0.272 e. The van der Waals surface area contributed by atoms with Gasteiger partial charge in [-0.15, -0.1) is 0 Å². The second-order valence-electron chi connectivity index (χ2n) is 4.09. The number of hydrogen-bond donors (Lipinski definition) is 0. The lowest BCUT2D eigenvalue weighted by Crippen LogP contribution is -2.43. The van der Waals surface area contributed by atoms with Crippen LogP contribution in [0.3, 0.4) is 0 Å². The Hall–Kier alpha value is -2.50. The number of amides is 4. The van der Waals surface area contributed by atoms with Crippen molar-refractivity contribution < 1.29 is 19.2 Å². The first-order valence-electron chi connectivity index (χ1n) is 5.35. The van der Waals surface area contributed by atoms with Crippen LogP contribution in [0.15, 0.2) is 24.3 Å². The van der Waals surface area contributed by atoms with Gasteiger partial charge in [0.2, 0.25) is 0 Å². The van der Waals surface area contributed by atoms with Crippen LogP contribution in [0.4, 0.5) is 0 Å². The highest BCUT2D eigenvalue weighted by atomic mass is 16.2. The highest BCUT2D eigenvalue weighted by Gasteiger charge is 2.47. The van der Waals surface area contributed by atoms with Gasteiger partial charge >= 0.3 is 0 Å². The summed E-state index contributed by atoms with van der Waals surface area (Å²) >= 11 is 0. The minimum Gasteiger partial charge on any atom is -0.272 e. The minimum absolute atomic E-state index is 0.218. The molecule has 1 aromatic carbocycles. The third-order valence-corrected chi connectivity index (χ3v) is 3.03. The SMILES string of the molecule is O=C1CC(N2C(=O)c3ccccc3C2=O)C(=O)[N]1. The molecule has 0 aromatic heterocycles. The van der Waals surface area contributed by atoms with Crippen LogP contribution >= 0.6 is 0 Å². The molecule has 3 rings (SSSR count). The van der Waals surface area contributed by atoms with E-state index in [1.165, 1.54) is 12.1 Å². The summed E-state index contributed by atoms with van der Waals surface area (Å²) in [5.74, 6) is -2.41. The maximum atomic E-state index is 12.0.